The first-order chi connectivity index (χ1) is 11.2. The van der Waals surface area contributed by atoms with Crippen molar-refractivity contribution in [1.29, 1.82) is 0 Å². The van der Waals surface area contributed by atoms with Crippen LogP contribution in [0, 0.1) is 6.92 Å². The van der Waals surface area contributed by atoms with E-state index in [1.807, 2.05) is 49.4 Å². The minimum Gasteiger partial charge on any atom is -0.313 e. The van der Waals surface area contributed by atoms with Crippen molar-refractivity contribution in [1.82, 2.24) is 24.7 Å². The largest absolute Gasteiger partial charge is 0.313 e. The van der Waals surface area contributed by atoms with E-state index in [0.29, 0.717) is 10.9 Å². The number of hydrogen-bond acceptors (Lipinski definition) is 4. The Morgan fingerprint density at radius 3 is 2.91 bits per heavy atom. The molecule has 3 heterocycles. The number of rotatable bonds is 2. The molecule has 23 heavy (non-hydrogen) atoms. The van der Waals surface area contributed by atoms with Gasteiger partial charge in [-0.25, -0.2) is 14.6 Å². The van der Waals surface area contributed by atoms with Gasteiger partial charge in [-0.1, -0.05) is 12.1 Å². The monoisotopic (exact) mass is 303 g/mol. The Balaban J connectivity index is 1.91. The average Bonchev–Trinajstić information content (AvgIpc) is 3.05. The molecule has 0 saturated heterocycles. The lowest BCUT2D eigenvalue weighted by Crippen LogP contribution is -2.07. The first-order valence-electron chi connectivity index (χ1n) is 7.18. The fourth-order valence-electron chi connectivity index (χ4n) is 2.58. The maximum Gasteiger partial charge on any atom is 0.258 e. The molecule has 6 heteroatoms. The van der Waals surface area contributed by atoms with Crippen LogP contribution in [0.3, 0.4) is 0 Å². The molecule has 3 aromatic heterocycles. The van der Waals surface area contributed by atoms with E-state index in [9.17, 15) is 4.79 Å². The molecule has 4 rings (SSSR count). The van der Waals surface area contributed by atoms with E-state index in [4.69, 9.17) is 0 Å². The number of nitrogens with zero attached hydrogens (tertiary/aromatic N) is 4. The molecule has 0 unspecified atom stereocenters. The first kappa shape index (κ1) is 13.4. The van der Waals surface area contributed by atoms with Crippen molar-refractivity contribution in [2.75, 3.05) is 0 Å². The lowest BCUT2D eigenvalue weighted by Gasteiger charge is -2.08. The van der Waals surface area contributed by atoms with Gasteiger partial charge < -0.3 is 4.98 Å². The number of fused-ring (bicyclic) bond motifs is 1. The van der Waals surface area contributed by atoms with Crippen LogP contribution in [-0.2, 0) is 0 Å². The normalized spacial score (nSPS) is 11.0. The molecule has 0 amide bonds. The van der Waals surface area contributed by atoms with E-state index in [0.717, 1.165) is 22.8 Å². The van der Waals surface area contributed by atoms with Crippen LogP contribution in [0.4, 0.5) is 0 Å². The molecule has 0 aliphatic carbocycles. The summed E-state index contributed by atoms with van der Waals surface area (Å²) in [6.45, 7) is 1.94. The zero-order valence-electron chi connectivity index (χ0n) is 12.4. The van der Waals surface area contributed by atoms with E-state index < -0.39 is 0 Å². The van der Waals surface area contributed by atoms with Crippen molar-refractivity contribution in [2.24, 2.45) is 0 Å². The van der Waals surface area contributed by atoms with Gasteiger partial charge in [-0.2, -0.15) is 5.10 Å². The van der Waals surface area contributed by atoms with Gasteiger partial charge in [0.05, 0.1) is 29.1 Å². The summed E-state index contributed by atoms with van der Waals surface area (Å²) in [7, 11) is 0. The highest BCUT2D eigenvalue weighted by Gasteiger charge is 2.10. The maximum atomic E-state index is 12.0. The van der Waals surface area contributed by atoms with Crippen LogP contribution in [0.5, 0.6) is 0 Å². The third-order valence-corrected chi connectivity index (χ3v) is 3.67. The highest BCUT2D eigenvalue weighted by atomic mass is 16.1. The second-order valence-corrected chi connectivity index (χ2v) is 5.23. The summed E-state index contributed by atoms with van der Waals surface area (Å²) in [5, 5.41) is 4.91. The summed E-state index contributed by atoms with van der Waals surface area (Å²) in [4.78, 5) is 23.2. The Bertz CT molecular complexity index is 1060. The van der Waals surface area contributed by atoms with Gasteiger partial charge in [0.1, 0.15) is 0 Å². The third-order valence-electron chi connectivity index (χ3n) is 3.67. The molecule has 0 spiro atoms. The fourth-order valence-corrected chi connectivity index (χ4v) is 2.58. The molecule has 0 radical (unpaired) electrons. The molecule has 1 aromatic carbocycles. The van der Waals surface area contributed by atoms with Gasteiger partial charge in [-0.05, 0) is 37.3 Å². The molecule has 0 aliphatic heterocycles. The minimum absolute atomic E-state index is 0.156. The Labute approximate surface area is 131 Å². The summed E-state index contributed by atoms with van der Waals surface area (Å²) in [5.41, 5.74) is 3.18. The number of hydrogen-bond donors (Lipinski definition) is 1. The SMILES string of the molecule is Cc1cccc(-n2nccc2-c2ccc3nc[nH]c(=O)c3c2)n1. The summed E-state index contributed by atoms with van der Waals surface area (Å²) < 4.78 is 1.76. The van der Waals surface area contributed by atoms with Crippen LogP contribution in [0.1, 0.15) is 5.69 Å². The lowest BCUT2D eigenvalue weighted by atomic mass is 10.1. The summed E-state index contributed by atoms with van der Waals surface area (Å²) >= 11 is 0. The van der Waals surface area contributed by atoms with Crippen LogP contribution >= 0.6 is 0 Å². The van der Waals surface area contributed by atoms with Gasteiger partial charge in [0.2, 0.25) is 0 Å². The topological polar surface area (TPSA) is 76.5 Å². The Morgan fingerprint density at radius 2 is 2.04 bits per heavy atom. The van der Waals surface area contributed by atoms with Gasteiger partial charge in [0.15, 0.2) is 5.82 Å². The predicted octanol–water partition coefficient (Wildman–Crippen LogP) is 2.48. The van der Waals surface area contributed by atoms with Crippen LogP contribution in [0.15, 0.2) is 59.8 Å². The lowest BCUT2D eigenvalue weighted by molar-refractivity contribution is 0.848. The van der Waals surface area contributed by atoms with Gasteiger partial charge in [-0.3, -0.25) is 4.79 Å². The van der Waals surface area contributed by atoms with Gasteiger partial charge in [-0.15, -0.1) is 0 Å². The molecule has 0 bridgehead atoms. The molecule has 4 aromatic rings. The predicted molar refractivity (Wildman–Crippen MR) is 87.5 cm³/mol. The number of pyridine rings is 1. The zero-order valence-corrected chi connectivity index (χ0v) is 12.4. The number of aromatic amines is 1. The van der Waals surface area contributed by atoms with Gasteiger partial charge >= 0.3 is 0 Å². The summed E-state index contributed by atoms with van der Waals surface area (Å²) in [6, 6.07) is 13.3. The Kier molecular flexibility index (Phi) is 3.01. The second kappa shape index (κ2) is 5.17. The number of nitrogens with one attached hydrogen (secondary N) is 1. The van der Waals surface area contributed by atoms with Gasteiger partial charge in [0, 0.05) is 11.3 Å². The highest BCUT2D eigenvalue weighted by molar-refractivity contribution is 5.83. The Hall–Kier alpha value is -3.28. The number of H-pyrrole nitrogens is 1. The maximum absolute atomic E-state index is 12.0. The van der Waals surface area contributed by atoms with Crippen LogP contribution in [0.2, 0.25) is 0 Å². The van der Waals surface area contributed by atoms with Crippen LogP contribution < -0.4 is 5.56 Å². The molecular formula is C17H13N5O. The molecule has 1 N–H and O–H groups in total. The van der Waals surface area contributed by atoms with Gasteiger partial charge in [0.25, 0.3) is 5.56 Å². The highest BCUT2D eigenvalue weighted by Crippen LogP contribution is 2.23. The molecule has 0 atom stereocenters. The number of benzene rings is 1. The number of aryl methyl sites for hydroxylation is 1. The molecule has 0 fully saturated rings. The number of aromatic nitrogens is 5. The molecule has 112 valence electrons. The van der Waals surface area contributed by atoms with E-state index in [1.165, 1.54) is 6.33 Å². The second-order valence-electron chi connectivity index (χ2n) is 5.23. The van der Waals surface area contributed by atoms with E-state index in [1.54, 1.807) is 10.9 Å². The fraction of sp³-hybridized carbons (Fsp3) is 0.0588. The zero-order chi connectivity index (χ0) is 15.8. The third kappa shape index (κ3) is 2.30. The van der Waals surface area contributed by atoms with Crippen molar-refractivity contribution in [3.63, 3.8) is 0 Å². The first-order valence-corrected chi connectivity index (χ1v) is 7.18. The van der Waals surface area contributed by atoms with E-state index in [2.05, 4.69) is 20.1 Å². The van der Waals surface area contributed by atoms with Crippen molar-refractivity contribution in [3.05, 3.63) is 71.0 Å². The van der Waals surface area contributed by atoms with Crippen LogP contribution in [0.25, 0.3) is 28.0 Å². The summed E-state index contributed by atoms with van der Waals surface area (Å²) in [6.07, 6.45) is 3.13. The summed E-state index contributed by atoms with van der Waals surface area (Å²) in [5.74, 6) is 0.741. The Morgan fingerprint density at radius 1 is 1.13 bits per heavy atom. The van der Waals surface area contributed by atoms with Crippen molar-refractivity contribution < 1.29 is 0 Å². The standard InChI is InChI=1S/C17H13N5O/c1-11-3-2-4-16(21-11)22-15(7-8-20-22)12-5-6-14-13(9-12)17(23)19-10-18-14/h2-10H,1H3,(H,18,19,23). The van der Waals surface area contributed by atoms with Crippen molar-refractivity contribution in [2.45, 2.75) is 6.92 Å². The van der Waals surface area contributed by atoms with E-state index >= 15 is 0 Å². The molecule has 0 aliphatic rings. The average molecular weight is 303 g/mol. The molecule has 0 saturated carbocycles. The van der Waals surface area contributed by atoms with Crippen molar-refractivity contribution in [3.8, 4) is 17.1 Å². The molecule has 6 nitrogen and oxygen atoms in total. The van der Waals surface area contributed by atoms with Crippen molar-refractivity contribution >= 4 is 10.9 Å². The molecular weight excluding hydrogens is 290 g/mol. The van der Waals surface area contributed by atoms with Crippen LogP contribution in [-0.4, -0.2) is 24.7 Å². The minimum atomic E-state index is -0.156. The van der Waals surface area contributed by atoms with E-state index in [-0.39, 0.29) is 5.56 Å². The quantitative estimate of drug-likeness (QED) is 0.617. The smallest absolute Gasteiger partial charge is 0.258 e.